The van der Waals surface area contributed by atoms with Crippen LogP contribution in [0.3, 0.4) is 0 Å². The number of imidazole rings is 1. The summed E-state index contributed by atoms with van der Waals surface area (Å²) in [6, 6.07) is 87.2. The number of alkyl halides is 3. The fraction of sp³-hybridized carbons (Fsp3) is 0.0143. The van der Waals surface area contributed by atoms with E-state index < -0.39 is 11.7 Å². The fourth-order valence-corrected chi connectivity index (χ4v) is 12.6. The predicted molar refractivity (Wildman–Crippen MR) is 315 cm³/mol. The van der Waals surface area contributed by atoms with Crippen molar-refractivity contribution in [2.75, 3.05) is 0 Å². The lowest BCUT2D eigenvalue weighted by Crippen LogP contribution is -2.10. The van der Waals surface area contributed by atoms with Crippen LogP contribution in [0, 0.1) is 0 Å². The summed E-state index contributed by atoms with van der Waals surface area (Å²) in [5.74, 6) is 0.622. The quantitative estimate of drug-likeness (QED) is 0.153. The molecule has 12 aromatic carbocycles. The topological polar surface area (TPSA) is 32.6 Å². The summed E-state index contributed by atoms with van der Waals surface area (Å²) in [7, 11) is 0. The Labute approximate surface area is 444 Å². The number of hydrogen-bond donors (Lipinski definition) is 0. The summed E-state index contributed by atoms with van der Waals surface area (Å²) >= 11 is 0. The van der Waals surface area contributed by atoms with E-state index in [4.69, 9.17) is 4.98 Å². The highest BCUT2D eigenvalue weighted by molar-refractivity contribution is 6.24. The third-order valence-electron chi connectivity index (χ3n) is 16.0. The average Bonchev–Trinajstić information content (AvgIpc) is 4.40. The second kappa shape index (κ2) is 16.7. The Morgan fingerprint density at radius 3 is 1.06 bits per heavy atom. The number of hydrogen-bond acceptors (Lipinski definition) is 1. The van der Waals surface area contributed by atoms with Gasteiger partial charge in [0.1, 0.15) is 5.82 Å². The Morgan fingerprint density at radius 1 is 0.295 bits per heavy atom. The van der Waals surface area contributed by atoms with E-state index in [0.29, 0.717) is 11.5 Å². The number of halogens is 3. The molecule has 0 aliphatic heterocycles. The molecule has 4 aromatic heterocycles. The van der Waals surface area contributed by atoms with Crippen LogP contribution in [0.2, 0.25) is 0 Å². The molecule has 0 saturated carbocycles. The Bertz CT molecular complexity index is 4830. The van der Waals surface area contributed by atoms with Crippen molar-refractivity contribution >= 4 is 98.0 Å². The van der Waals surface area contributed by atoms with E-state index in [1.807, 2.05) is 28.8 Å². The van der Waals surface area contributed by atoms with Crippen molar-refractivity contribution in [3.63, 3.8) is 0 Å². The highest BCUT2D eigenvalue weighted by atomic mass is 19.4. The van der Waals surface area contributed by atoms with Crippen LogP contribution in [-0.4, -0.2) is 23.3 Å². The van der Waals surface area contributed by atoms with Crippen LogP contribution in [-0.2, 0) is 6.18 Å². The van der Waals surface area contributed by atoms with Gasteiger partial charge in [-0.2, -0.15) is 13.2 Å². The zero-order valence-electron chi connectivity index (χ0n) is 41.6. The van der Waals surface area contributed by atoms with Crippen LogP contribution >= 0.6 is 0 Å². The van der Waals surface area contributed by atoms with E-state index >= 15 is 0 Å². The number of aromatic nitrogens is 5. The molecule has 0 radical (unpaired) electrons. The van der Waals surface area contributed by atoms with Crippen LogP contribution in [0.4, 0.5) is 13.2 Å². The van der Waals surface area contributed by atoms with Crippen molar-refractivity contribution in [3.05, 3.63) is 260 Å². The molecule has 368 valence electrons. The number of nitrogens with zero attached hydrogens (tertiary/aromatic N) is 5. The minimum atomic E-state index is -4.48. The standard InChI is InChI=1S/C70H42F3N5/c71-70(72,73)46-37-39-47(40-38-46)75-67-57-26-4-2-18-49(57)48-17-1-3-25-56(48)66(67)74-69(75)44-35-33-43(34-36-44)45-41-64(76-58-27-11-5-19-50(58)51-20-6-12-28-59(51)76)68(78-62-31-15-9-23-54(62)55-24-10-16-32-63(55)78)65(42-45)77-60-29-13-7-21-52(60)53-22-8-14-30-61(53)77/h1-42H. The molecule has 16 rings (SSSR count). The van der Waals surface area contributed by atoms with Crippen molar-refractivity contribution < 1.29 is 13.2 Å². The van der Waals surface area contributed by atoms with Gasteiger partial charge in [-0.25, -0.2) is 4.98 Å². The number of fused-ring (bicyclic) bond motifs is 15. The molecule has 16 aromatic rings. The van der Waals surface area contributed by atoms with Crippen molar-refractivity contribution in [3.8, 4) is 45.3 Å². The molecule has 78 heavy (non-hydrogen) atoms. The zero-order chi connectivity index (χ0) is 51.8. The highest BCUT2D eigenvalue weighted by Gasteiger charge is 2.31. The third kappa shape index (κ3) is 6.40. The van der Waals surface area contributed by atoms with Crippen LogP contribution in [0.15, 0.2) is 255 Å². The zero-order valence-corrected chi connectivity index (χ0v) is 41.6. The minimum Gasteiger partial charge on any atom is -0.307 e. The fourth-order valence-electron chi connectivity index (χ4n) is 12.6. The molecule has 0 fully saturated rings. The van der Waals surface area contributed by atoms with Gasteiger partial charge in [0, 0.05) is 54.3 Å². The summed E-state index contributed by atoms with van der Waals surface area (Å²) in [5, 5.41) is 11.0. The van der Waals surface area contributed by atoms with Gasteiger partial charge in [-0.1, -0.05) is 182 Å². The molecule has 0 saturated heterocycles. The summed E-state index contributed by atoms with van der Waals surface area (Å²) in [6.07, 6.45) is -4.48. The Kier molecular flexibility index (Phi) is 9.43. The lowest BCUT2D eigenvalue weighted by Gasteiger charge is -2.24. The molecule has 0 aliphatic carbocycles. The van der Waals surface area contributed by atoms with Crippen LogP contribution in [0.25, 0.3) is 143 Å². The lowest BCUT2D eigenvalue weighted by atomic mass is 10.00. The molecule has 0 amide bonds. The first-order valence-corrected chi connectivity index (χ1v) is 26.1. The Balaban J connectivity index is 1.01. The molecule has 5 nitrogen and oxygen atoms in total. The lowest BCUT2D eigenvalue weighted by molar-refractivity contribution is -0.137. The molecule has 0 atom stereocenters. The molecule has 4 heterocycles. The van der Waals surface area contributed by atoms with E-state index in [1.54, 1.807) is 12.1 Å². The van der Waals surface area contributed by atoms with Gasteiger partial charge in [0.05, 0.1) is 66.8 Å². The van der Waals surface area contributed by atoms with Gasteiger partial charge in [0.25, 0.3) is 0 Å². The first-order valence-electron chi connectivity index (χ1n) is 26.1. The maximum absolute atomic E-state index is 14.1. The van der Waals surface area contributed by atoms with E-state index in [9.17, 15) is 13.2 Å². The number of para-hydroxylation sites is 6. The largest absolute Gasteiger partial charge is 0.416 e. The Hall–Kier alpha value is -10.2. The SMILES string of the molecule is FC(F)(F)c1ccc(-n2c(-c3ccc(-c4cc(-n5c6ccccc6c6ccccc65)c(-n5c6ccccc6c6ccccc65)c(-n5c6ccccc6c6ccccc65)c4)cc3)nc3c4ccccc4c4ccccc4c32)cc1. The molecule has 0 spiro atoms. The second-order valence-electron chi connectivity index (χ2n) is 20.2. The number of rotatable bonds is 6. The van der Waals surface area contributed by atoms with Gasteiger partial charge in [-0.05, 0) is 94.7 Å². The number of benzene rings is 12. The van der Waals surface area contributed by atoms with E-state index in [0.717, 1.165) is 144 Å². The normalized spacial score (nSPS) is 12.3. The molecule has 0 N–H and O–H groups in total. The van der Waals surface area contributed by atoms with Crippen LogP contribution in [0.1, 0.15) is 5.56 Å². The molecular weight excluding hydrogens is 968 g/mol. The van der Waals surface area contributed by atoms with Crippen molar-refractivity contribution in [2.24, 2.45) is 0 Å². The minimum absolute atomic E-state index is 0.581. The van der Waals surface area contributed by atoms with Gasteiger partial charge in [0.15, 0.2) is 0 Å². The summed E-state index contributed by atoms with van der Waals surface area (Å²) in [6.45, 7) is 0. The first-order chi connectivity index (χ1) is 38.4. The first kappa shape index (κ1) is 44.1. The van der Waals surface area contributed by atoms with Crippen LogP contribution in [0.5, 0.6) is 0 Å². The molecule has 0 unspecified atom stereocenters. The van der Waals surface area contributed by atoms with Crippen molar-refractivity contribution in [1.82, 2.24) is 23.3 Å². The van der Waals surface area contributed by atoms with Gasteiger partial charge in [-0.3, -0.25) is 4.57 Å². The summed E-state index contributed by atoms with van der Waals surface area (Å²) in [5.41, 5.74) is 13.8. The molecule has 0 bridgehead atoms. The van der Waals surface area contributed by atoms with E-state index in [2.05, 4.69) is 220 Å². The van der Waals surface area contributed by atoms with Gasteiger partial charge >= 0.3 is 6.18 Å². The second-order valence-corrected chi connectivity index (χ2v) is 20.2. The van der Waals surface area contributed by atoms with Gasteiger partial charge in [0.2, 0.25) is 0 Å². The molecular formula is C70H42F3N5. The average molecular weight is 1010 g/mol. The van der Waals surface area contributed by atoms with Gasteiger partial charge in [-0.15, -0.1) is 0 Å². The maximum Gasteiger partial charge on any atom is 0.416 e. The van der Waals surface area contributed by atoms with Crippen LogP contribution < -0.4 is 0 Å². The third-order valence-corrected chi connectivity index (χ3v) is 16.0. The Morgan fingerprint density at radius 2 is 0.641 bits per heavy atom. The monoisotopic (exact) mass is 1010 g/mol. The van der Waals surface area contributed by atoms with E-state index in [-0.39, 0.29) is 0 Å². The maximum atomic E-state index is 14.1. The smallest absolute Gasteiger partial charge is 0.307 e. The predicted octanol–water partition coefficient (Wildman–Crippen LogP) is 19.0. The summed E-state index contributed by atoms with van der Waals surface area (Å²) < 4.78 is 51.7. The molecule has 0 aliphatic rings. The van der Waals surface area contributed by atoms with E-state index in [1.165, 1.54) is 0 Å². The highest BCUT2D eigenvalue weighted by Crippen LogP contribution is 2.46. The molecule has 8 heteroatoms. The van der Waals surface area contributed by atoms with Crippen molar-refractivity contribution in [2.45, 2.75) is 6.18 Å². The van der Waals surface area contributed by atoms with Crippen molar-refractivity contribution in [1.29, 1.82) is 0 Å². The summed E-state index contributed by atoms with van der Waals surface area (Å²) in [4.78, 5) is 5.44. The van der Waals surface area contributed by atoms with Gasteiger partial charge < -0.3 is 13.7 Å².